The van der Waals surface area contributed by atoms with Gasteiger partial charge < -0.3 is 14.6 Å². The third-order valence-electron chi connectivity index (χ3n) is 6.13. The third-order valence-corrected chi connectivity index (χ3v) is 6.13. The van der Waals surface area contributed by atoms with Gasteiger partial charge in [0.15, 0.2) is 0 Å². The van der Waals surface area contributed by atoms with E-state index >= 15 is 0 Å². The van der Waals surface area contributed by atoms with Crippen molar-refractivity contribution in [1.29, 1.82) is 0 Å². The number of furan rings is 1. The van der Waals surface area contributed by atoms with E-state index in [4.69, 9.17) is 4.42 Å². The van der Waals surface area contributed by atoms with E-state index in [0.717, 1.165) is 60.3 Å². The summed E-state index contributed by atoms with van der Waals surface area (Å²) in [4.78, 5) is 18.9. The Morgan fingerprint density at radius 1 is 1.16 bits per heavy atom. The maximum Gasteiger partial charge on any atom is 0.227 e. The molecule has 0 radical (unpaired) electrons. The molecule has 4 aromatic rings. The molecule has 1 amide bonds. The molecule has 31 heavy (non-hydrogen) atoms. The molecule has 5 nitrogen and oxygen atoms in total. The van der Waals surface area contributed by atoms with Gasteiger partial charge in [0.25, 0.3) is 0 Å². The number of nitrogens with one attached hydrogen (secondary N) is 1. The summed E-state index contributed by atoms with van der Waals surface area (Å²) < 4.78 is 5.99. The summed E-state index contributed by atoms with van der Waals surface area (Å²) in [5.74, 6) is 1.27. The number of likely N-dealkylation sites (N-methyl/N-ethyl adjacent to an activating group) is 1. The molecule has 0 saturated heterocycles. The number of pyridine rings is 1. The lowest BCUT2D eigenvalue weighted by atomic mass is 10.1. The summed E-state index contributed by atoms with van der Waals surface area (Å²) in [6.07, 6.45) is 4.78. The van der Waals surface area contributed by atoms with E-state index in [1.54, 1.807) is 0 Å². The zero-order valence-electron chi connectivity index (χ0n) is 18.0. The zero-order valence-corrected chi connectivity index (χ0v) is 18.0. The second-order valence-electron chi connectivity index (χ2n) is 8.59. The van der Waals surface area contributed by atoms with Gasteiger partial charge in [-0.3, -0.25) is 9.78 Å². The summed E-state index contributed by atoms with van der Waals surface area (Å²) in [6.45, 7) is 3.79. The minimum atomic E-state index is 0.130. The number of aromatic nitrogens is 1. The van der Waals surface area contributed by atoms with Gasteiger partial charge in [0, 0.05) is 47.2 Å². The van der Waals surface area contributed by atoms with Crippen molar-refractivity contribution in [3.8, 4) is 0 Å². The quantitative estimate of drug-likeness (QED) is 0.446. The van der Waals surface area contributed by atoms with Crippen LogP contribution in [0.25, 0.3) is 21.9 Å². The van der Waals surface area contributed by atoms with Crippen molar-refractivity contribution in [2.75, 3.05) is 18.9 Å². The number of aryl methyl sites for hydroxylation is 1. The number of carbonyl (C=O) groups is 1. The summed E-state index contributed by atoms with van der Waals surface area (Å²) in [7, 11) is 2.15. The molecule has 1 fully saturated rings. The second kappa shape index (κ2) is 8.16. The highest BCUT2D eigenvalue weighted by molar-refractivity contribution is 5.96. The molecule has 1 aliphatic carbocycles. The van der Waals surface area contributed by atoms with Crippen LogP contribution in [-0.4, -0.2) is 29.4 Å². The zero-order chi connectivity index (χ0) is 21.4. The number of para-hydroxylation sites is 1. The van der Waals surface area contributed by atoms with Crippen molar-refractivity contribution in [3.05, 3.63) is 71.6 Å². The Labute approximate surface area is 182 Å². The highest BCUT2D eigenvalue weighted by Gasteiger charge is 2.29. The summed E-state index contributed by atoms with van der Waals surface area (Å²) in [5.41, 5.74) is 5.25. The summed E-state index contributed by atoms with van der Waals surface area (Å²) in [6, 6.07) is 16.3. The van der Waals surface area contributed by atoms with Crippen LogP contribution in [0.1, 0.15) is 29.7 Å². The van der Waals surface area contributed by atoms with Crippen LogP contribution in [0, 0.1) is 12.8 Å². The molecule has 0 spiro atoms. The fourth-order valence-corrected chi connectivity index (χ4v) is 4.21. The van der Waals surface area contributed by atoms with Crippen LogP contribution >= 0.6 is 0 Å². The maximum absolute atomic E-state index is 12.1. The molecule has 1 saturated carbocycles. The van der Waals surface area contributed by atoms with E-state index in [2.05, 4.69) is 52.6 Å². The lowest BCUT2D eigenvalue weighted by Crippen LogP contribution is -2.21. The number of carbonyl (C=O) groups excluding carboxylic acids is 1. The molecule has 5 rings (SSSR count). The molecule has 2 heterocycles. The Bertz CT molecular complexity index is 1250. The Balaban J connectivity index is 1.31. The number of hydrogen-bond acceptors (Lipinski definition) is 4. The molecule has 5 heteroatoms. The topological polar surface area (TPSA) is 58.4 Å². The van der Waals surface area contributed by atoms with E-state index in [9.17, 15) is 4.79 Å². The largest absolute Gasteiger partial charge is 0.461 e. The first-order chi connectivity index (χ1) is 15.1. The van der Waals surface area contributed by atoms with Gasteiger partial charge in [-0.2, -0.15) is 0 Å². The van der Waals surface area contributed by atoms with Crippen LogP contribution in [0.3, 0.4) is 0 Å². The lowest BCUT2D eigenvalue weighted by Gasteiger charge is -2.18. The van der Waals surface area contributed by atoms with Gasteiger partial charge in [-0.15, -0.1) is 0 Å². The monoisotopic (exact) mass is 413 g/mol. The Morgan fingerprint density at radius 3 is 2.84 bits per heavy atom. The number of benzene rings is 2. The standard InChI is InChI=1S/C26H27N3O2/c1-17-21(23-15-20(9-10-25(23)31-17)28-26(30)18-7-8-18)12-14-29(2)16-19-11-13-27-24-6-4-3-5-22(19)24/h3-6,9-11,13,15,18H,7-8,12,14,16H2,1-2H3,(H,28,30). The molecule has 0 atom stereocenters. The van der Waals surface area contributed by atoms with E-state index in [1.165, 1.54) is 16.5 Å². The van der Waals surface area contributed by atoms with Gasteiger partial charge in [-0.05, 0) is 69.1 Å². The third kappa shape index (κ3) is 4.19. The lowest BCUT2D eigenvalue weighted by molar-refractivity contribution is -0.117. The van der Waals surface area contributed by atoms with Gasteiger partial charge in [-0.25, -0.2) is 0 Å². The van der Waals surface area contributed by atoms with E-state index in [1.807, 2.05) is 31.3 Å². The fourth-order valence-electron chi connectivity index (χ4n) is 4.21. The number of hydrogen-bond donors (Lipinski definition) is 1. The van der Waals surface area contributed by atoms with Crippen molar-refractivity contribution in [2.24, 2.45) is 5.92 Å². The molecule has 0 unspecified atom stereocenters. The second-order valence-corrected chi connectivity index (χ2v) is 8.59. The normalized spacial score (nSPS) is 13.9. The summed E-state index contributed by atoms with van der Waals surface area (Å²) >= 11 is 0. The molecular weight excluding hydrogens is 386 g/mol. The van der Waals surface area contributed by atoms with Gasteiger partial charge in [0.2, 0.25) is 5.91 Å². The van der Waals surface area contributed by atoms with Crippen LogP contribution in [-0.2, 0) is 17.8 Å². The maximum atomic E-state index is 12.1. The predicted octanol–water partition coefficient (Wildman–Crippen LogP) is 5.31. The van der Waals surface area contributed by atoms with Crippen LogP contribution in [0.5, 0.6) is 0 Å². The predicted molar refractivity (Wildman–Crippen MR) is 124 cm³/mol. The highest BCUT2D eigenvalue weighted by Crippen LogP contribution is 2.32. The van der Waals surface area contributed by atoms with Crippen molar-refractivity contribution < 1.29 is 9.21 Å². The van der Waals surface area contributed by atoms with Crippen molar-refractivity contribution in [1.82, 2.24) is 9.88 Å². The molecular formula is C26H27N3O2. The van der Waals surface area contributed by atoms with Gasteiger partial charge >= 0.3 is 0 Å². The van der Waals surface area contributed by atoms with Crippen LogP contribution in [0.4, 0.5) is 5.69 Å². The van der Waals surface area contributed by atoms with E-state index in [0.29, 0.717) is 0 Å². The highest BCUT2D eigenvalue weighted by atomic mass is 16.3. The van der Waals surface area contributed by atoms with Crippen LogP contribution in [0.15, 0.2) is 59.1 Å². The van der Waals surface area contributed by atoms with Gasteiger partial charge in [0.1, 0.15) is 11.3 Å². The molecule has 158 valence electrons. The van der Waals surface area contributed by atoms with Crippen molar-refractivity contribution in [3.63, 3.8) is 0 Å². The molecule has 0 bridgehead atoms. The number of nitrogens with zero attached hydrogens (tertiary/aromatic N) is 2. The first-order valence-electron chi connectivity index (χ1n) is 10.9. The van der Waals surface area contributed by atoms with Crippen LogP contribution < -0.4 is 5.32 Å². The SMILES string of the molecule is Cc1oc2ccc(NC(=O)C3CC3)cc2c1CCN(C)Cc1ccnc2ccccc12. The average molecular weight is 414 g/mol. The Kier molecular flexibility index (Phi) is 5.20. The molecule has 1 N–H and O–H groups in total. The minimum Gasteiger partial charge on any atom is -0.461 e. The first-order valence-corrected chi connectivity index (χ1v) is 10.9. The molecule has 2 aromatic heterocycles. The van der Waals surface area contributed by atoms with Crippen molar-refractivity contribution in [2.45, 2.75) is 32.7 Å². The smallest absolute Gasteiger partial charge is 0.227 e. The minimum absolute atomic E-state index is 0.130. The van der Waals surface area contributed by atoms with E-state index < -0.39 is 0 Å². The Hall–Kier alpha value is -3.18. The molecule has 0 aliphatic heterocycles. The van der Waals surface area contributed by atoms with E-state index in [-0.39, 0.29) is 11.8 Å². The summed E-state index contributed by atoms with van der Waals surface area (Å²) in [5, 5.41) is 5.35. The molecule has 1 aliphatic rings. The van der Waals surface area contributed by atoms with Gasteiger partial charge in [-0.1, -0.05) is 18.2 Å². The van der Waals surface area contributed by atoms with Crippen molar-refractivity contribution >= 4 is 33.5 Å². The first kappa shape index (κ1) is 19.8. The Morgan fingerprint density at radius 2 is 2.00 bits per heavy atom. The van der Waals surface area contributed by atoms with Gasteiger partial charge in [0.05, 0.1) is 5.52 Å². The van der Waals surface area contributed by atoms with Crippen LogP contribution in [0.2, 0.25) is 0 Å². The number of rotatable bonds is 7. The number of amides is 1. The molecule has 2 aromatic carbocycles. The number of anilines is 1. The number of fused-ring (bicyclic) bond motifs is 2. The fraction of sp³-hybridized carbons (Fsp3) is 0.308. The average Bonchev–Trinajstić information content (AvgIpc) is 3.57.